The molecular weight excluding hydrogens is 319 g/mol. The molecule has 1 saturated heterocycles. The molecule has 0 saturated carbocycles. The number of furan rings is 1. The molecule has 2 aromatic rings. The fourth-order valence-electron chi connectivity index (χ4n) is 3.62. The van der Waals surface area contributed by atoms with Crippen LogP contribution in [0.15, 0.2) is 40.8 Å². The molecule has 5 heteroatoms. The average Bonchev–Trinajstić information content (AvgIpc) is 3.04. The fraction of sp³-hybridized carbons (Fsp3) is 0.450. The standard InChI is InChI=1S/C20H25FN2O2/c1-14-11-15(2)13-23(12-14)10-9-22-20(24)19-8-7-18(25-19)16-3-5-17(21)6-4-16/h3-8,14-15H,9-13H2,1-2H3,(H,22,24)/t14-,15-/m0/s1. The molecule has 3 rings (SSSR count). The minimum Gasteiger partial charge on any atom is -0.451 e. The van der Waals surface area contributed by atoms with E-state index in [4.69, 9.17) is 4.42 Å². The summed E-state index contributed by atoms with van der Waals surface area (Å²) in [5, 5.41) is 2.92. The third-order valence-electron chi connectivity index (χ3n) is 4.62. The van der Waals surface area contributed by atoms with E-state index in [1.54, 1.807) is 24.3 Å². The molecule has 1 aliphatic rings. The number of carbonyl (C=O) groups is 1. The van der Waals surface area contributed by atoms with Gasteiger partial charge in [0.2, 0.25) is 0 Å². The normalized spacial score (nSPS) is 21.2. The summed E-state index contributed by atoms with van der Waals surface area (Å²) in [6, 6.07) is 9.40. The van der Waals surface area contributed by atoms with E-state index in [0.29, 0.717) is 24.1 Å². The van der Waals surface area contributed by atoms with Crippen molar-refractivity contribution >= 4 is 5.91 Å². The first-order valence-corrected chi connectivity index (χ1v) is 8.87. The monoisotopic (exact) mass is 344 g/mol. The van der Waals surface area contributed by atoms with Crippen molar-refractivity contribution in [2.45, 2.75) is 20.3 Å². The fourth-order valence-corrected chi connectivity index (χ4v) is 3.62. The lowest BCUT2D eigenvalue weighted by Crippen LogP contribution is -2.42. The molecule has 25 heavy (non-hydrogen) atoms. The van der Waals surface area contributed by atoms with Crippen LogP contribution < -0.4 is 5.32 Å². The maximum atomic E-state index is 13.0. The van der Waals surface area contributed by atoms with Crippen molar-refractivity contribution < 1.29 is 13.6 Å². The van der Waals surface area contributed by atoms with Crippen LogP contribution in [-0.2, 0) is 0 Å². The Balaban J connectivity index is 1.51. The minimum atomic E-state index is -0.297. The molecule has 0 bridgehead atoms. The number of carbonyl (C=O) groups excluding carboxylic acids is 1. The Kier molecular flexibility index (Phi) is 5.53. The molecule has 1 amide bonds. The van der Waals surface area contributed by atoms with Crippen LogP contribution in [0.3, 0.4) is 0 Å². The zero-order valence-corrected chi connectivity index (χ0v) is 14.8. The van der Waals surface area contributed by atoms with E-state index in [1.807, 2.05) is 0 Å². The van der Waals surface area contributed by atoms with Gasteiger partial charge in [-0.15, -0.1) is 0 Å². The van der Waals surface area contributed by atoms with E-state index in [0.717, 1.165) is 25.2 Å². The molecule has 2 heterocycles. The number of nitrogens with one attached hydrogen (secondary N) is 1. The zero-order chi connectivity index (χ0) is 17.8. The van der Waals surface area contributed by atoms with Gasteiger partial charge in [-0.3, -0.25) is 4.79 Å². The summed E-state index contributed by atoms with van der Waals surface area (Å²) in [4.78, 5) is 14.6. The van der Waals surface area contributed by atoms with Gasteiger partial charge in [-0.2, -0.15) is 0 Å². The van der Waals surface area contributed by atoms with E-state index in [9.17, 15) is 9.18 Å². The van der Waals surface area contributed by atoms with Gasteiger partial charge in [0, 0.05) is 31.7 Å². The molecular formula is C20H25FN2O2. The van der Waals surface area contributed by atoms with Gasteiger partial charge in [-0.25, -0.2) is 4.39 Å². The molecule has 1 N–H and O–H groups in total. The first-order chi connectivity index (χ1) is 12.0. The number of hydrogen-bond donors (Lipinski definition) is 1. The highest BCUT2D eigenvalue weighted by Gasteiger charge is 2.21. The largest absolute Gasteiger partial charge is 0.451 e. The van der Waals surface area contributed by atoms with Gasteiger partial charge >= 0.3 is 0 Å². The number of benzene rings is 1. The number of likely N-dealkylation sites (tertiary alicyclic amines) is 1. The van der Waals surface area contributed by atoms with Crippen molar-refractivity contribution in [3.05, 3.63) is 48.0 Å². The highest BCUT2D eigenvalue weighted by molar-refractivity contribution is 5.92. The number of hydrogen-bond acceptors (Lipinski definition) is 3. The maximum absolute atomic E-state index is 13.0. The number of piperidine rings is 1. The Labute approximate surface area is 148 Å². The molecule has 0 unspecified atom stereocenters. The van der Waals surface area contributed by atoms with Gasteiger partial charge in [-0.1, -0.05) is 13.8 Å². The molecule has 1 fully saturated rings. The van der Waals surface area contributed by atoms with Crippen molar-refractivity contribution in [3.63, 3.8) is 0 Å². The second-order valence-corrected chi connectivity index (χ2v) is 7.13. The lowest BCUT2D eigenvalue weighted by atomic mass is 9.92. The lowest BCUT2D eigenvalue weighted by molar-refractivity contribution is 0.0910. The molecule has 1 aromatic carbocycles. The Morgan fingerprint density at radius 1 is 1.16 bits per heavy atom. The molecule has 1 aliphatic heterocycles. The van der Waals surface area contributed by atoms with Crippen molar-refractivity contribution in [1.82, 2.24) is 10.2 Å². The van der Waals surface area contributed by atoms with Crippen molar-refractivity contribution in [2.75, 3.05) is 26.2 Å². The second kappa shape index (κ2) is 7.83. The van der Waals surface area contributed by atoms with Crippen LogP contribution >= 0.6 is 0 Å². The van der Waals surface area contributed by atoms with Gasteiger partial charge < -0.3 is 14.6 Å². The van der Waals surface area contributed by atoms with Gasteiger partial charge in [0.15, 0.2) is 5.76 Å². The molecule has 134 valence electrons. The smallest absolute Gasteiger partial charge is 0.287 e. The highest BCUT2D eigenvalue weighted by Crippen LogP contribution is 2.22. The summed E-state index contributed by atoms with van der Waals surface area (Å²) < 4.78 is 18.6. The summed E-state index contributed by atoms with van der Waals surface area (Å²) in [5.41, 5.74) is 0.747. The second-order valence-electron chi connectivity index (χ2n) is 7.13. The quantitative estimate of drug-likeness (QED) is 0.897. The van der Waals surface area contributed by atoms with Crippen LogP contribution in [-0.4, -0.2) is 37.0 Å². The van der Waals surface area contributed by atoms with E-state index < -0.39 is 0 Å². The van der Waals surface area contributed by atoms with E-state index in [-0.39, 0.29) is 17.5 Å². The third kappa shape index (κ3) is 4.69. The molecule has 4 nitrogen and oxygen atoms in total. The Hall–Kier alpha value is -2.14. The Morgan fingerprint density at radius 3 is 2.52 bits per heavy atom. The predicted molar refractivity (Wildman–Crippen MR) is 95.8 cm³/mol. The molecule has 1 aromatic heterocycles. The van der Waals surface area contributed by atoms with E-state index >= 15 is 0 Å². The third-order valence-corrected chi connectivity index (χ3v) is 4.62. The van der Waals surface area contributed by atoms with E-state index in [1.165, 1.54) is 18.6 Å². The number of nitrogens with zero attached hydrogens (tertiary/aromatic N) is 1. The van der Waals surface area contributed by atoms with Crippen molar-refractivity contribution in [1.29, 1.82) is 0 Å². The SMILES string of the molecule is C[C@H]1C[C@H](C)CN(CCNC(=O)c2ccc(-c3ccc(F)cc3)o2)C1. The maximum Gasteiger partial charge on any atom is 0.287 e. The summed E-state index contributed by atoms with van der Waals surface area (Å²) in [6.45, 7) is 8.20. The number of rotatable bonds is 5. The zero-order valence-electron chi connectivity index (χ0n) is 14.8. The predicted octanol–water partition coefficient (Wildman–Crippen LogP) is 3.79. The summed E-state index contributed by atoms with van der Waals surface area (Å²) in [5.74, 6) is 1.75. The molecule has 0 aliphatic carbocycles. The van der Waals surface area contributed by atoms with Gasteiger partial charge in [0.05, 0.1) is 0 Å². The van der Waals surface area contributed by atoms with Crippen LogP contribution in [0.25, 0.3) is 11.3 Å². The Bertz CT molecular complexity index is 701. The first-order valence-electron chi connectivity index (χ1n) is 8.87. The topological polar surface area (TPSA) is 45.5 Å². The van der Waals surface area contributed by atoms with Crippen LogP contribution in [0.2, 0.25) is 0 Å². The molecule has 2 atom stereocenters. The summed E-state index contributed by atoms with van der Waals surface area (Å²) >= 11 is 0. The lowest BCUT2D eigenvalue weighted by Gasteiger charge is -2.34. The Morgan fingerprint density at radius 2 is 1.84 bits per heavy atom. The number of halogens is 1. The van der Waals surface area contributed by atoms with Crippen molar-refractivity contribution in [2.24, 2.45) is 11.8 Å². The minimum absolute atomic E-state index is 0.216. The van der Waals surface area contributed by atoms with Crippen LogP contribution in [0, 0.1) is 17.7 Å². The average molecular weight is 344 g/mol. The molecule has 0 radical (unpaired) electrons. The first kappa shape index (κ1) is 17.7. The molecule has 0 spiro atoms. The number of amides is 1. The van der Waals surface area contributed by atoms with E-state index in [2.05, 4.69) is 24.1 Å². The highest BCUT2D eigenvalue weighted by atomic mass is 19.1. The van der Waals surface area contributed by atoms with Gasteiger partial charge in [0.1, 0.15) is 11.6 Å². The van der Waals surface area contributed by atoms with Crippen LogP contribution in [0.1, 0.15) is 30.8 Å². The van der Waals surface area contributed by atoms with Crippen molar-refractivity contribution in [3.8, 4) is 11.3 Å². The summed E-state index contributed by atoms with van der Waals surface area (Å²) in [6.07, 6.45) is 1.28. The van der Waals surface area contributed by atoms with Gasteiger partial charge in [0.25, 0.3) is 5.91 Å². The van der Waals surface area contributed by atoms with Crippen LogP contribution in [0.5, 0.6) is 0 Å². The van der Waals surface area contributed by atoms with Gasteiger partial charge in [-0.05, 0) is 54.7 Å². The van der Waals surface area contributed by atoms with Crippen LogP contribution in [0.4, 0.5) is 4.39 Å². The summed E-state index contributed by atoms with van der Waals surface area (Å²) in [7, 11) is 0.